The number of rotatable bonds is 2. The lowest BCUT2D eigenvalue weighted by molar-refractivity contribution is 0.835. The molecule has 0 aromatic heterocycles. The summed E-state index contributed by atoms with van der Waals surface area (Å²) in [4.78, 5) is 4.01. The molecule has 0 saturated heterocycles. The molecular formula is C6H11Cl2N. The summed E-state index contributed by atoms with van der Waals surface area (Å²) in [6, 6.07) is 0.266. The van der Waals surface area contributed by atoms with Gasteiger partial charge < -0.3 is 0 Å². The Kier molecular flexibility index (Phi) is 3.52. The van der Waals surface area contributed by atoms with E-state index in [-0.39, 0.29) is 6.04 Å². The van der Waals surface area contributed by atoms with Crippen molar-refractivity contribution >= 4 is 29.4 Å². The summed E-state index contributed by atoms with van der Waals surface area (Å²) in [6.45, 7) is 5.62. The van der Waals surface area contributed by atoms with Gasteiger partial charge in [-0.25, -0.2) is 0 Å². The quantitative estimate of drug-likeness (QED) is 0.444. The molecule has 9 heavy (non-hydrogen) atoms. The van der Waals surface area contributed by atoms with Crippen molar-refractivity contribution in [2.45, 2.75) is 31.1 Å². The predicted octanol–water partition coefficient (Wildman–Crippen LogP) is 2.66. The smallest absolute Gasteiger partial charge is 0.149 e. The number of hydrogen-bond acceptors (Lipinski definition) is 1. The fourth-order valence-corrected chi connectivity index (χ4v) is 0.393. The van der Waals surface area contributed by atoms with Gasteiger partial charge in [-0.2, -0.15) is 0 Å². The average Bonchev–Trinajstić information content (AvgIpc) is 1.59. The van der Waals surface area contributed by atoms with E-state index in [2.05, 4.69) is 4.99 Å². The second kappa shape index (κ2) is 3.43. The number of hydrogen-bond donors (Lipinski definition) is 0. The molecule has 0 N–H and O–H groups in total. The molecule has 0 atom stereocenters. The maximum Gasteiger partial charge on any atom is 0.149 e. The van der Waals surface area contributed by atoms with E-state index in [1.54, 1.807) is 13.1 Å². The van der Waals surface area contributed by atoms with Gasteiger partial charge in [-0.05, 0) is 20.8 Å². The number of halogens is 2. The van der Waals surface area contributed by atoms with Crippen molar-refractivity contribution in [2.24, 2.45) is 4.99 Å². The van der Waals surface area contributed by atoms with Crippen LogP contribution in [0.3, 0.4) is 0 Å². The monoisotopic (exact) mass is 167 g/mol. The fraction of sp³-hybridized carbons (Fsp3) is 0.833. The highest BCUT2D eigenvalue weighted by molar-refractivity contribution is 6.55. The van der Waals surface area contributed by atoms with Gasteiger partial charge in [0.25, 0.3) is 0 Å². The van der Waals surface area contributed by atoms with Crippen LogP contribution in [-0.4, -0.2) is 16.6 Å². The molecule has 0 unspecified atom stereocenters. The molecule has 0 bridgehead atoms. The highest BCUT2D eigenvalue weighted by Gasteiger charge is 2.11. The minimum atomic E-state index is -0.815. The van der Waals surface area contributed by atoms with Crippen LogP contribution < -0.4 is 0 Å². The van der Waals surface area contributed by atoms with Crippen molar-refractivity contribution < 1.29 is 0 Å². The Bertz CT molecular complexity index is 102. The minimum Gasteiger partial charge on any atom is -0.292 e. The number of aliphatic imine (C=N–C) groups is 1. The fourth-order valence-electron chi connectivity index (χ4n) is 0.280. The number of nitrogens with zero attached hydrogens (tertiary/aromatic N) is 1. The van der Waals surface area contributed by atoms with E-state index in [1.165, 1.54) is 0 Å². The van der Waals surface area contributed by atoms with Gasteiger partial charge in [0.05, 0.1) is 0 Å². The van der Waals surface area contributed by atoms with Crippen LogP contribution in [0.25, 0.3) is 0 Å². The maximum atomic E-state index is 5.59. The second-order valence-corrected chi connectivity index (χ2v) is 4.09. The molecule has 0 aromatic rings. The van der Waals surface area contributed by atoms with Gasteiger partial charge in [0.1, 0.15) is 4.33 Å². The zero-order chi connectivity index (χ0) is 7.49. The van der Waals surface area contributed by atoms with Crippen LogP contribution in [0.15, 0.2) is 4.99 Å². The van der Waals surface area contributed by atoms with Crippen molar-refractivity contribution in [3.05, 3.63) is 0 Å². The van der Waals surface area contributed by atoms with Crippen LogP contribution in [0.2, 0.25) is 0 Å². The Balaban J connectivity index is 3.71. The van der Waals surface area contributed by atoms with E-state index in [1.807, 2.05) is 13.8 Å². The molecule has 0 aliphatic rings. The van der Waals surface area contributed by atoms with Gasteiger partial charge in [-0.15, -0.1) is 0 Å². The summed E-state index contributed by atoms with van der Waals surface area (Å²) in [5, 5.41) is 0. The Hall–Kier alpha value is 0.250. The van der Waals surface area contributed by atoms with Gasteiger partial charge in [0, 0.05) is 12.3 Å². The lowest BCUT2D eigenvalue weighted by Crippen LogP contribution is -2.08. The van der Waals surface area contributed by atoms with Crippen molar-refractivity contribution in [1.82, 2.24) is 0 Å². The Morgan fingerprint density at radius 2 is 1.89 bits per heavy atom. The largest absolute Gasteiger partial charge is 0.292 e. The van der Waals surface area contributed by atoms with Crippen molar-refractivity contribution in [3.8, 4) is 0 Å². The Morgan fingerprint density at radius 3 is 2.00 bits per heavy atom. The second-order valence-electron chi connectivity index (χ2n) is 2.33. The molecule has 0 fully saturated rings. The predicted molar refractivity (Wildman–Crippen MR) is 43.7 cm³/mol. The first-order valence-electron chi connectivity index (χ1n) is 2.84. The molecule has 0 aliphatic carbocycles. The zero-order valence-corrected chi connectivity index (χ0v) is 7.37. The van der Waals surface area contributed by atoms with Gasteiger partial charge in [-0.1, -0.05) is 23.2 Å². The summed E-state index contributed by atoms with van der Waals surface area (Å²) >= 11 is 11.2. The van der Waals surface area contributed by atoms with Crippen molar-refractivity contribution in [1.29, 1.82) is 0 Å². The Morgan fingerprint density at radius 1 is 1.44 bits per heavy atom. The Labute approximate surface area is 66.1 Å². The van der Waals surface area contributed by atoms with E-state index in [4.69, 9.17) is 23.2 Å². The summed E-state index contributed by atoms with van der Waals surface area (Å²) in [5.74, 6) is 0. The standard InChI is InChI=1S/C6H11Cl2N/c1-5(2)9-4-6(3,7)8/h4-5H,1-3H3. The van der Waals surface area contributed by atoms with Crippen LogP contribution in [0.5, 0.6) is 0 Å². The van der Waals surface area contributed by atoms with E-state index >= 15 is 0 Å². The van der Waals surface area contributed by atoms with Gasteiger partial charge >= 0.3 is 0 Å². The molecule has 1 nitrogen and oxygen atoms in total. The van der Waals surface area contributed by atoms with Crippen LogP contribution in [-0.2, 0) is 0 Å². The maximum absolute atomic E-state index is 5.59. The first kappa shape index (κ1) is 9.25. The molecule has 0 saturated carbocycles. The minimum absolute atomic E-state index is 0.266. The van der Waals surface area contributed by atoms with E-state index in [0.29, 0.717) is 0 Å². The SMILES string of the molecule is CC(C)N=CC(C)(Cl)Cl. The first-order chi connectivity index (χ1) is 3.92. The molecule has 0 spiro atoms. The summed E-state index contributed by atoms with van der Waals surface area (Å²) < 4.78 is -0.815. The summed E-state index contributed by atoms with van der Waals surface area (Å²) in [7, 11) is 0. The third-order valence-corrected chi connectivity index (χ3v) is 0.795. The third-order valence-electron chi connectivity index (χ3n) is 0.599. The van der Waals surface area contributed by atoms with Crippen LogP contribution in [0, 0.1) is 0 Å². The highest BCUT2D eigenvalue weighted by Crippen LogP contribution is 2.16. The van der Waals surface area contributed by atoms with Crippen molar-refractivity contribution in [2.75, 3.05) is 0 Å². The van der Waals surface area contributed by atoms with E-state index in [9.17, 15) is 0 Å². The highest BCUT2D eigenvalue weighted by atomic mass is 35.5. The van der Waals surface area contributed by atoms with E-state index in [0.717, 1.165) is 0 Å². The lowest BCUT2D eigenvalue weighted by Gasteiger charge is -2.04. The molecule has 54 valence electrons. The van der Waals surface area contributed by atoms with E-state index < -0.39 is 4.33 Å². The van der Waals surface area contributed by atoms with Crippen LogP contribution in [0.1, 0.15) is 20.8 Å². The molecule has 0 aliphatic heterocycles. The van der Waals surface area contributed by atoms with Crippen LogP contribution in [0.4, 0.5) is 0 Å². The zero-order valence-electron chi connectivity index (χ0n) is 5.86. The van der Waals surface area contributed by atoms with Crippen LogP contribution >= 0.6 is 23.2 Å². The molecule has 0 rings (SSSR count). The molecule has 0 radical (unpaired) electrons. The van der Waals surface area contributed by atoms with Gasteiger partial charge in [0.15, 0.2) is 0 Å². The summed E-state index contributed by atoms with van der Waals surface area (Å²) in [6.07, 6.45) is 1.54. The third kappa shape index (κ3) is 8.25. The molecule has 0 amide bonds. The van der Waals surface area contributed by atoms with Gasteiger partial charge in [0.2, 0.25) is 0 Å². The molecule has 0 aromatic carbocycles. The molecular weight excluding hydrogens is 157 g/mol. The first-order valence-corrected chi connectivity index (χ1v) is 3.59. The topological polar surface area (TPSA) is 12.4 Å². The number of alkyl halides is 2. The summed E-state index contributed by atoms with van der Waals surface area (Å²) in [5.41, 5.74) is 0. The average molecular weight is 168 g/mol. The molecule has 0 heterocycles. The molecule has 3 heteroatoms. The normalized spacial score (nSPS) is 13.6. The lowest BCUT2D eigenvalue weighted by atomic mass is 10.4. The van der Waals surface area contributed by atoms with Gasteiger partial charge in [-0.3, -0.25) is 4.99 Å². The van der Waals surface area contributed by atoms with Crippen molar-refractivity contribution in [3.63, 3.8) is 0 Å².